The Labute approximate surface area is 89.4 Å². The van der Waals surface area contributed by atoms with Crippen LogP contribution in [-0.4, -0.2) is 25.3 Å². The molecule has 5 heteroatoms. The fraction of sp³-hybridized carbons (Fsp3) is 1.00. The molecule has 0 radical (unpaired) electrons. The lowest BCUT2D eigenvalue weighted by Crippen LogP contribution is -2.21. The van der Waals surface area contributed by atoms with Crippen LogP contribution in [0.15, 0.2) is 0 Å². The van der Waals surface area contributed by atoms with Crippen LogP contribution in [0.3, 0.4) is 0 Å². The summed E-state index contributed by atoms with van der Waals surface area (Å²) >= 11 is 0. The summed E-state index contributed by atoms with van der Waals surface area (Å²) in [7, 11) is 0. The molecular formula is C10H21F3N2. The second-order valence-corrected chi connectivity index (χ2v) is 3.94. The highest BCUT2D eigenvalue weighted by molar-refractivity contribution is 4.56. The predicted octanol–water partition coefficient (Wildman–Crippen LogP) is 2.44. The van der Waals surface area contributed by atoms with E-state index in [2.05, 4.69) is 5.32 Å². The second-order valence-electron chi connectivity index (χ2n) is 3.94. The number of hydrogen-bond acceptors (Lipinski definition) is 2. The van der Waals surface area contributed by atoms with Gasteiger partial charge in [-0.05, 0) is 45.7 Å². The first-order valence-electron chi connectivity index (χ1n) is 5.45. The highest BCUT2D eigenvalue weighted by Gasteiger charge is 2.25. The Balaban J connectivity index is 3.06. The average Bonchev–Trinajstić information content (AvgIpc) is 2.07. The topological polar surface area (TPSA) is 38.0 Å². The Kier molecular flexibility index (Phi) is 7.78. The standard InChI is InChI=1S/C10H21F3N2/c1-9(14)5-4-8-15-7-3-2-6-10(11,12)13/h9,15H,2-8,14H2,1H3. The maximum atomic E-state index is 11.7. The van der Waals surface area contributed by atoms with Crippen LogP contribution in [0.1, 0.15) is 39.0 Å². The maximum absolute atomic E-state index is 11.7. The quantitative estimate of drug-likeness (QED) is 0.624. The van der Waals surface area contributed by atoms with Crippen molar-refractivity contribution in [3.8, 4) is 0 Å². The van der Waals surface area contributed by atoms with E-state index in [4.69, 9.17) is 5.73 Å². The summed E-state index contributed by atoms with van der Waals surface area (Å²) in [5.74, 6) is 0. The van der Waals surface area contributed by atoms with Gasteiger partial charge >= 0.3 is 6.18 Å². The Bertz CT molecular complexity index is 146. The van der Waals surface area contributed by atoms with E-state index in [1.807, 2.05) is 6.92 Å². The normalized spacial score (nSPS) is 14.2. The van der Waals surface area contributed by atoms with Crippen molar-refractivity contribution in [1.29, 1.82) is 0 Å². The van der Waals surface area contributed by atoms with Crippen LogP contribution in [0.4, 0.5) is 13.2 Å². The number of halogens is 3. The van der Waals surface area contributed by atoms with Gasteiger partial charge in [-0.2, -0.15) is 13.2 Å². The molecule has 0 aliphatic heterocycles. The third-order valence-electron chi connectivity index (χ3n) is 2.08. The van der Waals surface area contributed by atoms with Crippen LogP contribution in [0.2, 0.25) is 0 Å². The number of nitrogens with one attached hydrogen (secondary N) is 1. The van der Waals surface area contributed by atoms with E-state index in [1.54, 1.807) is 0 Å². The molecule has 15 heavy (non-hydrogen) atoms. The van der Waals surface area contributed by atoms with E-state index in [0.29, 0.717) is 13.0 Å². The molecule has 0 spiro atoms. The molecule has 0 aromatic heterocycles. The number of alkyl halides is 3. The van der Waals surface area contributed by atoms with Gasteiger partial charge in [-0.1, -0.05) is 0 Å². The molecule has 0 aliphatic rings. The maximum Gasteiger partial charge on any atom is 0.389 e. The van der Waals surface area contributed by atoms with Gasteiger partial charge in [0.1, 0.15) is 0 Å². The molecule has 1 unspecified atom stereocenters. The molecule has 2 nitrogen and oxygen atoms in total. The zero-order valence-electron chi connectivity index (χ0n) is 9.24. The molecule has 0 saturated carbocycles. The first-order valence-corrected chi connectivity index (χ1v) is 5.45. The van der Waals surface area contributed by atoms with E-state index >= 15 is 0 Å². The SMILES string of the molecule is CC(N)CCCNCCCCC(F)(F)F. The van der Waals surface area contributed by atoms with Crippen molar-refractivity contribution in [2.45, 2.75) is 51.2 Å². The highest BCUT2D eigenvalue weighted by Crippen LogP contribution is 2.21. The van der Waals surface area contributed by atoms with Gasteiger partial charge in [0, 0.05) is 12.5 Å². The number of nitrogens with two attached hydrogens (primary N) is 1. The first-order chi connectivity index (χ1) is 6.92. The largest absolute Gasteiger partial charge is 0.389 e. The molecule has 0 amide bonds. The molecule has 3 N–H and O–H groups in total. The number of rotatable bonds is 8. The van der Waals surface area contributed by atoms with E-state index in [0.717, 1.165) is 19.4 Å². The summed E-state index contributed by atoms with van der Waals surface area (Å²) in [6.45, 7) is 3.45. The van der Waals surface area contributed by atoms with Crippen LogP contribution in [0.25, 0.3) is 0 Å². The summed E-state index contributed by atoms with van der Waals surface area (Å²) in [5, 5.41) is 3.10. The average molecular weight is 226 g/mol. The summed E-state index contributed by atoms with van der Waals surface area (Å²) < 4.78 is 35.2. The van der Waals surface area contributed by atoms with Crippen LogP contribution in [0.5, 0.6) is 0 Å². The molecule has 92 valence electrons. The van der Waals surface area contributed by atoms with Gasteiger partial charge in [0.15, 0.2) is 0 Å². The van der Waals surface area contributed by atoms with Gasteiger partial charge in [0.2, 0.25) is 0 Å². The first kappa shape index (κ1) is 14.7. The summed E-state index contributed by atoms with van der Waals surface area (Å²) in [6.07, 6.45) is -1.95. The Morgan fingerprint density at radius 3 is 2.27 bits per heavy atom. The monoisotopic (exact) mass is 226 g/mol. The second kappa shape index (κ2) is 7.93. The van der Waals surface area contributed by atoms with Crippen LogP contribution >= 0.6 is 0 Å². The molecule has 0 bridgehead atoms. The zero-order valence-corrected chi connectivity index (χ0v) is 9.24. The predicted molar refractivity (Wildman–Crippen MR) is 55.7 cm³/mol. The third kappa shape index (κ3) is 13.7. The van der Waals surface area contributed by atoms with Crippen molar-refractivity contribution < 1.29 is 13.2 Å². The molecule has 0 aromatic rings. The molecule has 0 heterocycles. The third-order valence-corrected chi connectivity index (χ3v) is 2.08. The van der Waals surface area contributed by atoms with E-state index in [-0.39, 0.29) is 12.5 Å². The van der Waals surface area contributed by atoms with Crippen molar-refractivity contribution in [2.75, 3.05) is 13.1 Å². The van der Waals surface area contributed by atoms with E-state index in [9.17, 15) is 13.2 Å². The lowest BCUT2D eigenvalue weighted by atomic mass is 10.2. The van der Waals surface area contributed by atoms with Gasteiger partial charge in [0.05, 0.1) is 0 Å². The lowest BCUT2D eigenvalue weighted by Gasteiger charge is -2.07. The van der Waals surface area contributed by atoms with Crippen molar-refractivity contribution in [3.63, 3.8) is 0 Å². The van der Waals surface area contributed by atoms with Crippen LogP contribution in [0, 0.1) is 0 Å². The number of hydrogen-bond donors (Lipinski definition) is 2. The van der Waals surface area contributed by atoms with Gasteiger partial charge < -0.3 is 11.1 Å². The van der Waals surface area contributed by atoms with Gasteiger partial charge in [0.25, 0.3) is 0 Å². The lowest BCUT2D eigenvalue weighted by molar-refractivity contribution is -0.135. The Hall–Kier alpha value is -0.290. The fourth-order valence-electron chi connectivity index (χ4n) is 1.25. The molecular weight excluding hydrogens is 205 g/mol. The van der Waals surface area contributed by atoms with Crippen molar-refractivity contribution in [2.24, 2.45) is 5.73 Å². The summed E-state index contributed by atoms with van der Waals surface area (Å²) in [4.78, 5) is 0. The molecule has 0 aliphatic carbocycles. The van der Waals surface area contributed by atoms with Gasteiger partial charge in [-0.3, -0.25) is 0 Å². The smallest absolute Gasteiger partial charge is 0.328 e. The summed E-state index contributed by atoms with van der Waals surface area (Å²) in [5.41, 5.74) is 5.55. The Morgan fingerprint density at radius 2 is 1.73 bits per heavy atom. The van der Waals surface area contributed by atoms with Crippen LogP contribution in [-0.2, 0) is 0 Å². The minimum Gasteiger partial charge on any atom is -0.328 e. The van der Waals surface area contributed by atoms with E-state index in [1.165, 1.54) is 0 Å². The van der Waals surface area contributed by atoms with Gasteiger partial charge in [-0.15, -0.1) is 0 Å². The summed E-state index contributed by atoms with van der Waals surface area (Å²) in [6, 6.07) is 0.206. The van der Waals surface area contributed by atoms with Crippen molar-refractivity contribution in [3.05, 3.63) is 0 Å². The minimum atomic E-state index is -4.00. The molecule has 0 saturated heterocycles. The molecule has 1 atom stereocenters. The van der Waals surface area contributed by atoms with Crippen molar-refractivity contribution in [1.82, 2.24) is 5.32 Å². The van der Waals surface area contributed by atoms with Gasteiger partial charge in [-0.25, -0.2) is 0 Å². The van der Waals surface area contributed by atoms with Crippen molar-refractivity contribution >= 4 is 0 Å². The minimum absolute atomic E-state index is 0.206. The number of unbranched alkanes of at least 4 members (excludes halogenated alkanes) is 1. The molecule has 0 rings (SSSR count). The fourth-order valence-corrected chi connectivity index (χ4v) is 1.25. The molecule has 0 aromatic carbocycles. The molecule has 0 fully saturated rings. The van der Waals surface area contributed by atoms with Crippen LogP contribution < -0.4 is 11.1 Å². The van der Waals surface area contributed by atoms with E-state index < -0.39 is 12.6 Å². The highest BCUT2D eigenvalue weighted by atomic mass is 19.4. The Morgan fingerprint density at radius 1 is 1.13 bits per heavy atom. The zero-order chi connectivity index (χ0) is 11.7.